The lowest BCUT2D eigenvalue weighted by atomic mass is 10.0. The summed E-state index contributed by atoms with van der Waals surface area (Å²) in [6, 6.07) is 9.98. The van der Waals surface area contributed by atoms with Gasteiger partial charge in [0.25, 0.3) is 15.9 Å². The SMILES string of the molecule is CS(=O)(=O)c1ccc(C2=C(c3ccc(F)cc3)C(=O)NS2(=O)=O)cc1. The Bertz CT molecular complexity index is 1100. The van der Waals surface area contributed by atoms with E-state index in [0.29, 0.717) is 0 Å². The fourth-order valence-electron chi connectivity index (χ4n) is 2.49. The highest BCUT2D eigenvalue weighted by molar-refractivity contribution is 8.00. The highest BCUT2D eigenvalue weighted by Gasteiger charge is 2.37. The second kappa shape index (κ2) is 5.78. The number of sulfone groups is 1. The minimum absolute atomic E-state index is 0.0230. The highest BCUT2D eigenvalue weighted by Crippen LogP contribution is 2.35. The van der Waals surface area contributed by atoms with E-state index < -0.39 is 31.6 Å². The van der Waals surface area contributed by atoms with Gasteiger partial charge in [-0.3, -0.25) is 4.79 Å². The lowest BCUT2D eigenvalue weighted by Gasteiger charge is -2.06. The molecule has 130 valence electrons. The van der Waals surface area contributed by atoms with Gasteiger partial charge in [-0.2, -0.15) is 0 Å². The van der Waals surface area contributed by atoms with Crippen molar-refractivity contribution in [1.82, 2.24) is 4.72 Å². The normalized spacial score (nSPS) is 16.8. The van der Waals surface area contributed by atoms with Crippen LogP contribution in [-0.4, -0.2) is 29.0 Å². The number of carbonyl (C=O) groups excluding carboxylic acids is 1. The van der Waals surface area contributed by atoms with Crippen molar-refractivity contribution in [1.29, 1.82) is 0 Å². The average molecular weight is 381 g/mol. The van der Waals surface area contributed by atoms with Gasteiger partial charge < -0.3 is 0 Å². The van der Waals surface area contributed by atoms with Crippen molar-refractivity contribution in [2.45, 2.75) is 4.90 Å². The van der Waals surface area contributed by atoms with E-state index in [1.807, 2.05) is 4.72 Å². The van der Waals surface area contributed by atoms with Crippen LogP contribution in [0.1, 0.15) is 11.1 Å². The number of sulfonamides is 1. The average Bonchev–Trinajstić information content (AvgIpc) is 2.76. The minimum Gasteiger partial charge on any atom is -0.268 e. The van der Waals surface area contributed by atoms with Crippen LogP contribution in [0, 0.1) is 5.82 Å². The Hall–Kier alpha value is -2.52. The molecule has 0 bridgehead atoms. The zero-order valence-electron chi connectivity index (χ0n) is 12.9. The van der Waals surface area contributed by atoms with Gasteiger partial charge in [-0.1, -0.05) is 24.3 Å². The molecule has 1 heterocycles. The number of hydrogen-bond acceptors (Lipinski definition) is 5. The first-order chi connectivity index (χ1) is 11.6. The maximum atomic E-state index is 13.1. The predicted octanol–water partition coefficient (Wildman–Crippen LogP) is 1.56. The second-order valence-electron chi connectivity index (χ2n) is 5.44. The van der Waals surface area contributed by atoms with Crippen LogP contribution in [0.25, 0.3) is 10.5 Å². The zero-order valence-corrected chi connectivity index (χ0v) is 14.5. The molecular weight excluding hydrogens is 369 g/mol. The number of hydrogen-bond donors (Lipinski definition) is 1. The summed E-state index contributed by atoms with van der Waals surface area (Å²) in [5.41, 5.74) is 0.277. The number of carbonyl (C=O) groups is 1. The van der Waals surface area contributed by atoms with Crippen LogP contribution in [0.15, 0.2) is 53.4 Å². The summed E-state index contributed by atoms with van der Waals surface area (Å²) in [5.74, 6) is -1.35. The van der Waals surface area contributed by atoms with Gasteiger partial charge in [0.1, 0.15) is 10.7 Å². The van der Waals surface area contributed by atoms with Gasteiger partial charge >= 0.3 is 0 Å². The first kappa shape index (κ1) is 17.3. The number of rotatable bonds is 3. The Kier molecular flexibility index (Phi) is 4.00. The molecule has 0 aliphatic carbocycles. The standard InChI is InChI=1S/C16H12FNO5S2/c1-24(20,21)13-8-4-11(5-9-13)15-14(16(19)18-25(15,22)23)10-2-6-12(17)7-3-10/h2-9H,1H3,(H,18,19). The summed E-state index contributed by atoms with van der Waals surface area (Å²) in [6.07, 6.45) is 1.03. The molecule has 25 heavy (non-hydrogen) atoms. The van der Waals surface area contributed by atoms with E-state index in [2.05, 4.69) is 0 Å². The van der Waals surface area contributed by atoms with Gasteiger partial charge in [-0.25, -0.2) is 25.9 Å². The summed E-state index contributed by atoms with van der Waals surface area (Å²) in [5, 5.41) is 0. The van der Waals surface area contributed by atoms with Crippen LogP contribution in [0.5, 0.6) is 0 Å². The monoisotopic (exact) mass is 381 g/mol. The number of nitrogens with one attached hydrogen (secondary N) is 1. The van der Waals surface area contributed by atoms with Gasteiger partial charge in [-0.05, 0) is 35.4 Å². The quantitative estimate of drug-likeness (QED) is 0.870. The molecular formula is C16H12FNO5S2. The van der Waals surface area contributed by atoms with E-state index >= 15 is 0 Å². The Morgan fingerprint density at radius 2 is 1.44 bits per heavy atom. The molecule has 0 atom stereocenters. The Morgan fingerprint density at radius 3 is 1.96 bits per heavy atom. The molecule has 1 aliphatic rings. The molecule has 2 aromatic rings. The summed E-state index contributed by atoms with van der Waals surface area (Å²) in [6.45, 7) is 0. The van der Waals surface area contributed by atoms with Crippen molar-refractivity contribution < 1.29 is 26.0 Å². The first-order valence-electron chi connectivity index (χ1n) is 6.97. The van der Waals surface area contributed by atoms with Crippen molar-refractivity contribution in [3.05, 3.63) is 65.5 Å². The van der Waals surface area contributed by atoms with E-state index in [0.717, 1.165) is 18.4 Å². The maximum Gasteiger partial charge on any atom is 0.267 e. The fraction of sp³-hybridized carbons (Fsp3) is 0.0625. The molecule has 0 unspecified atom stereocenters. The first-order valence-corrected chi connectivity index (χ1v) is 10.3. The lowest BCUT2D eigenvalue weighted by Crippen LogP contribution is -2.23. The van der Waals surface area contributed by atoms with E-state index in [1.165, 1.54) is 36.4 Å². The molecule has 1 N–H and O–H groups in total. The topological polar surface area (TPSA) is 97.4 Å². The molecule has 3 rings (SSSR count). The largest absolute Gasteiger partial charge is 0.268 e. The van der Waals surface area contributed by atoms with Crippen LogP contribution in [0.2, 0.25) is 0 Å². The summed E-state index contributed by atoms with van der Waals surface area (Å²) < 4.78 is 62.7. The smallest absolute Gasteiger partial charge is 0.267 e. The molecule has 0 aromatic heterocycles. The van der Waals surface area contributed by atoms with Crippen molar-refractivity contribution in [3.63, 3.8) is 0 Å². The van der Waals surface area contributed by atoms with E-state index in [9.17, 15) is 26.0 Å². The molecule has 1 amide bonds. The molecule has 2 aromatic carbocycles. The van der Waals surface area contributed by atoms with Crippen molar-refractivity contribution in [3.8, 4) is 0 Å². The van der Waals surface area contributed by atoms with Gasteiger partial charge in [0.05, 0.1) is 10.5 Å². The third-order valence-electron chi connectivity index (χ3n) is 3.63. The van der Waals surface area contributed by atoms with Crippen LogP contribution in [0.4, 0.5) is 4.39 Å². The van der Waals surface area contributed by atoms with Crippen molar-refractivity contribution in [2.75, 3.05) is 6.26 Å². The third kappa shape index (κ3) is 3.20. The summed E-state index contributed by atoms with van der Waals surface area (Å²) in [7, 11) is -7.55. The highest BCUT2D eigenvalue weighted by atomic mass is 32.2. The van der Waals surface area contributed by atoms with Crippen LogP contribution < -0.4 is 4.72 Å². The minimum atomic E-state index is -4.11. The molecule has 0 fully saturated rings. The molecule has 6 nitrogen and oxygen atoms in total. The lowest BCUT2D eigenvalue weighted by molar-refractivity contribution is -0.113. The number of amides is 1. The number of benzene rings is 2. The maximum absolute atomic E-state index is 13.1. The Balaban J connectivity index is 2.24. The molecule has 9 heteroatoms. The predicted molar refractivity (Wildman–Crippen MR) is 89.8 cm³/mol. The van der Waals surface area contributed by atoms with Crippen molar-refractivity contribution in [2.24, 2.45) is 0 Å². The zero-order chi connectivity index (χ0) is 18.4. The second-order valence-corrected chi connectivity index (χ2v) is 9.08. The van der Waals surface area contributed by atoms with E-state index in [4.69, 9.17) is 0 Å². The molecule has 0 saturated heterocycles. The van der Waals surface area contributed by atoms with E-state index in [1.54, 1.807) is 0 Å². The number of halogens is 1. The van der Waals surface area contributed by atoms with Gasteiger partial charge in [0, 0.05) is 6.26 Å². The van der Waals surface area contributed by atoms with Crippen LogP contribution >= 0.6 is 0 Å². The Morgan fingerprint density at radius 1 is 0.920 bits per heavy atom. The van der Waals surface area contributed by atoms with Gasteiger partial charge in [-0.15, -0.1) is 0 Å². The van der Waals surface area contributed by atoms with Gasteiger partial charge in [0.2, 0.25) is 0 Å². The van der Waals surface area contributed by atoms with Crippen LogP contribution in [0.3, 0.4) is 0 Å². The van der Waals surface area contributed by atoms with Gasteiger partial charge in [0.15, 0.2) is 9.84 Å². The third-order valence-corrected chi connectivity index (χ3v) is 6.19. The summed E-state index contributed by atoms with van der Waals surface area (Å²) in [4.78, 5) is 11.9. The Labute approximate surface area is 144 Å². The fourth-order valence-corrected chi connectivity index (χ4v) is 4.50. The van der Waals surface area contributed by atoms with Crippen molar-refractivity contribution >= 4 is 36.2 Å². The molecule has 0 spiro atoms. The van der Waals surface area contributed by atoms with Crippen LogP contribution in [-0.2, 0) is 24.7 Å². The van der Waals surface area contributed by atoms with E-state index in [-0.39, 0.29) is 26.5 Å². The molecule has 1 aliphatic heterocycles. The molecule has 0 saturated carbocycles. The summed E-state index contributed by atoms with van der Waals surface area (Å²) >= 11 is 0. The molecule has 0 radical (unpaired) electrons.